The summed E-state index contributed by atoms with van der Waals surface area (Å²) in [4.78, 5) is 25.7. The van der Waals surface area contributed by atoms with Gasteiger partial charge in [0.05, 0.1) is 0 Å². The van der Waals surface area contributed by atoms with E-state index < -0.39 is 12.0 Å². The minimum absolute atomic E-state index is 0.0154. The van der Waals surface area contributed by atoms with Gasteiger partial charge in [-0.1, -0.05) is 25.5 Å². The van der Waals surface area contributed by atoms with Gasteiger partial charge in [-0.05, 0) is 43.9 Å². The number of carbonyl (C=O) groups is 2. The zero-order valence-electron chi connectivity index (χ0n) is 12.5. The molecule has 1 atom stereocenters. The van der Waals surface area contributed by atoms with Crippen LogP contribution < -0.4 is 0 Å². The number of carboxylic acid groups (broad SMARTS) is 1. The van der Waals surface area contributed by atoms with E-state index in [-0.39, 0.29) is 11.3 Å². The molecule has 0 saturated carbocycles. The molecule has 1 aliphatic heterocycles. The first-order valence-corrected chi connectivity index (χ1v) is 7.62. The zero-order valence-corrected chi connectivity index (χ0v) is 12.5. The smallest absolute Gasteiger partial charge is 0.326 e. The highest BCUT2D eigenvalue weighted by atomic mass is 16.4. The van der Waals surface area contributed by atoms with E-state index in [4.69, 9.17) is 0 Å². The topological polar surface area (TPSA) is 57.6 Å². The Morgan fingerprint density at radius 1 is 1.35 bits per heavy atom. The maximum atomic E-state index is 12.5. The van der Waals surface area contributed by atoms with Gasteiger partial charge >= 0.3 is 5.97 Å². The normalized spacial score (nSPS) is 26.0. The van der Waals surface area contributed by atoms with E-state index in [9.17, 15) is 14.7 Å². The highest BCUT2D eigenvalue weighted by molar-refractivity contribution is 5.85. The summed E-state index contributed by atoms with van der Waals surface area (Å²) in [6.07, 6.45) is 8.69. The van der Waals surface area contributed by atoms with Crippen LogP contribution in [0, 0.1) is 5.41 Å². The van der Waals surface area contributed by atoms with Crippen LogP contribution in [-0.2, 0) is 9.59 Å². The van der Waals surface area contributed by atoms with Crippen molar-refractivity contribution < 1.29 is 14.7 Å². The van der Waals surface area contributed by atoms with E-state index in [0.29, 0.717) is 13.0 Å². The number of hydrogen-bond acceptors (Lipinski definition) is 2. The molecule has 1 N–H and O–H groups in total. The number of hydrogen-bond donors (Lipinski definition) is 1. The molecule has 0 bridgehead atoms. The second-order valence-electron chi connectivity index (χ2n) is 6.70. The van der Waals surface area contributed by atoms with Crippen molar-refractivity contribution in [1.82, 2.24) is 4.90 Å². The van der Waals surface area contributed by atoms with E-state index in [2.05, 4.69) is 6.08 Å². The molecule has 1 unspecified atom stereocenters. The van der Waals surface area contributed by atoms with Crippen LogP contribution in [0.25, 0.3) is 0 Å². The van der Waals surface area contributed by atoms with Crippen molar-refractivity contribution in [2.24, 2.45) is 5.41 Å². The Balaban J connectivity index is 2.10. The molecule has 0 aromatic heterocycles. The van der Waals surface area contributed by atoms with Gasteiger partial charge in [-0.3, -0.25) is 4.79 Å². The lowest BCUT2D eigenvalue weighted by Crippen LogP contribution is -2.56. The van der Waals surface area contributed by atoms with Crippen molar-refractivity contribution >= 4 is 11.9 Å². The lowest BCUT2D eigenvalue weighted by atomic mass is 9.76. The summed E-state index contributed by atoms with van der Waals surface area (Å²) in [5.74, 6) is -0.890. The van der Waals surface area contributed by atoms with Gasteiger partial charge in [0.25, 0.3) is 0 Å². The Morgan fingerprint density at radius 2 is 2.10 bits per heavy atom. The van der Waals surface area contributed by atoms with Gasteiger partial charge < -0.3 is 10.0 Å². The number of likely N-dealkylation sites (tertiary alicyclic amines) is 1. The van der Waals surface area contributed by atoms with E-state index in [1.165, 1.54) is 12.0 Å². The molecule has 2 rings (SSSR count). The van der Waals surface area contributed by atoms with E-state index >= 15 is 0 Å². The molecule has 4 heteroatoms. The largest absolute Gasteiger partial charge is 0.480 e. The lowest BCUT2D eigenvalue weighted by Gasteiger charge is -2.44. The predicted molar refractivity (Wildman–Crippen MR) is 77.3 cm³/mol. The molecule has 0 radical (unpaired) electrons. The number of carbonyl (C=O) groups excluding carboxylic acids is 1. The third kappa shape index (κ3) is 3.22. The number of nitrogens with zero attached hydrogens (tertiary/aromatic N) is 1. The van der Waals surface area contributed by atoms with Crippen LogP contribution in [0.5, 0.6) is 0 Å². The molecule has 4 nitrogen and oxygen atoms in total. The van der Waals surface area contributed by atoms with Crippen molar-refractivity contribution in [3.63, 3.8) is 0 Å². The molecule has 0 aromatic rings. The zero-order chi connectivity index (χ0) is 14.8. The number of amides is 1. The van der Waals surface area contributed by atoms with E-state index in [1.807, 2.05) is 13.8 Å². The van der Waals surface area contributed by atoms with Crippen molar-refractivity contribution in [3.05, 3.63) is 11.6 Å². The summed E-state index contributed by atoms with van der Waals surface area (Å²) in [5, 5.41) is 9.49. The van der Waals surface area contributed by atoms with Crippen LogP contribution in [0.1, 0.15) is 58.8 Å². The minimum atomic E-state index is -0.874. The summed E-state index contributed by atoms with van der Waals surface area (Å²) >= 11 is 0. The number of aliphatic carboxylic acids is 1. The lowest BCUT2D eigenvalue weighted by molar-refractivity contribution is -0.158. The first-order chi connectivity index (χ1) is 9.42. The Kier molecular flexibility index (Phi) is 4.51. The fourth-order valence-electron chi connectivity index (χ4n) is 3.49. The molecule has 1 saturated heterocycles. The second-order valence-corrected chi connectivity index (χ2v) is 6.70. The van der Waals surface area contributed by atoms with Crippen molar-refractivity contribution in [2.45, 2.75) is 64.8 Å². The third-order valence-electron chi connectivity index (χ3n) is 4.59. The van der Waals surface area contributed by atoms with Gasteiger partial charge in [-0.15, -0.1) is 0 Å². The molecule has 0 aromatic carbocycles. The summed E-state index contributed by atoms with van der Waals surface area (Å²) in [6, 6.07) is -0.687. The molecule has 2 aliphatic rings. The van der Waals surface area contributed by atoms with Crippen LogP contribution in [0.15, 0.2) is 11.6 Å². The maximum absolute atomic E-state index is 12.5. The molecular formula is C16H25NO3. The van der Waals surface area contributed by atoms with Gasteiger partial charge in [0.15, 0.2) is 0 Å². The van der Waals surface area contributed by atoms with Crippen molar-refractivity contribution in [2.75, 3.05) is 6.54 Å². The average molecular weight is 279 g/mol. The van der Waals surface area contributed by atoms with Gasteiger partial charge in [-0.25, -0.2) is 4.79 Å². The Morgan fingerprint density at radius 3 is 2.70 bits per heavy atom. The number of allylic oxidation sites excluding steroid dienone is 1. The standard InChI is InChI=1S/C16H25NO3/c1-16(2)9-6-10-17(14(16)15(19)20)13(18)11-12-7-4-3-5-8-12/h7,14H,3-6,8-11H2,1-2H3,(H,19,20). The summed E-state index contributed by atoms with van der Waals surface area (Å²) < 4.78 is 0. The van der Waals surface area contributed by atoms with Gasteiger partial charge in [-0.2, -0.15) is 0 Å². The predicted octanol–water partition coefficient (Wildman–Crippen LogP) is 2.98. The summed E-state index contributed by atoms with van der Waals surface area (Å²) in [5.41, 5.74) is 0.842. The fourth-order valence-corrected chi connectivity index (χ4v) is 3.49. The van der Waals surface area contributed by atoms with E-state index in [1.54, 1.807) is 4.90 Å². The Bertz CT molecular complexity index is 425. The van der Waals surface area contributed by atoms with Crippen LogP contribution in [0.3, 0.4) is 0 Å². The molecule has 112 valence electrons. The summed E-state index contributed by atoms with van der Waals surface area (Å²) in [6.45, 7) is 4.47. The second kappa shape index (κ2) is 5.98. The van der Waals surface area contributed by atoms with Gasteiger partial charge in [0.2, 0.25) is 5.91 Å². The Hall–Kier alpha value is -1.32. The first-order valence-electron chi connectivity index (χ1n) is 7.62. The first kappa shape index (κ1) is 15.1. The fraction of sp³-hybridized carbons (Fsp3) is 0.750. The number of carboxylic acids is 1. The van der Waals surface area contributed by atoms with E-state index in [0.717, 1.165) is 32.1 Å². The van der Waals surface area contributed by atoms with Crippen molar-refractivity contribution in [3.8, 4) is 0 Å². The molecule has 0 spiro atoms. The SMILES string of the molecule is CC1(C)CCCN(C(=O)CC2=CCCCC2)C1C(=O)O. The molecule has 1 fully saturated rings. The number of rotatable bonds is 3. The highest BCUT2D eigenvalue weighted by Crippen LogP contribution is 2.36. The van der Waals surface area contributed by atoms with Crippen molar-refractivity contribution in [1.29, 1.82) is 0 Å². The summed E-state index contributed by atoms with van der Waals surface area (Å²) in [7, 11) is 0. The minimum Gasteiger partial charge on any atom is -0.480 e. The highest BCUT2D eigenvalue weighted by Gasteiger charge is 2.44. The quantitative estimate of drug-likeness (QED) is 0.808. The molecule has 1 aliphatic carbocycles. The van der Waals surface area contributed by atoms with Gasteiger partial charge in [0.1, 0.15) is 6.04 Å². The molecule has 1 heterocycles. The monoisotopic (exact) mass is 279 g/mol. The average Bonchev–Trinajstić information content (AvgIpc) is 2.37. The van der Waals surface area contributed by atoms with Gasteiger partial charge in [0, 0.05) is 13.0 Å². The third-order valence-corrected chi connectivity index (χ3v) is 4.59. The molecule has 20 heavy (non-hydrogen) atoms. The van der Waals surface area contributed by atoms with Crippen LogP contribution >= 0.6 is 0 Å². The Labute approximate surface area is 120 Å². The maximum Gasteiger partial charge on any atom is 0.326 e. The van der Waals surface area contributed by atoms with Crippen LogP contribution in [-0.4, -0.2) is 34.5 Å². The molecular weight excluding hydrogens is 254 g/mol. The van der Waals surface area contributed by atoms with Crippen LogP contribution in [0.4, 0.5) is 0 Å². The van der Waals surface area contributed by atoms with Crippen LogP contribution in [0.2, 0.25) is 0 Å². The number of piperidine rings is 1. The molecule has 1 amide bonds.